The van der Waals surface area contributed by atoms with Gasteiger partial charge in [-0.3, -0.25) is 24.5 Å². The lowest BCUT2D eigenvalue weighted by Crippen LogP contribution is -2.40. The molecule has 7 heteroatoms. The maximum atomic E-state index is 13.2. The number of aliphatic imine (C=N–C) groups is 1. The van der Waals surface area contributed by atoms with E-state index < -0.39 is 5.54 Å². The van der Waals surface area contributed by atoms with Gasteiger partial charge in [-0.25, -0.2) is 0 Å². The fourth-order valence-electron chi connectivity index (χ4n) is 4.95. The normalized spacial score (nSPS) is 23.7. The van der Waals surface area contributed by atoms with E-state index in [1.54, 1.807) is 12.4 Å². The molecule has 4 aliphatic rings. The van der Waals surface area contributed by atoms with Crippen molar-refractivity contribution in [2.45, 2.75) is 37.6 Å². The lowest BCUT2D eigenvalue weighted by Gasteiger charge is -2.23. The van der Waals surface area contributed by atoms with Crippen molar-refractivity contribution in [2.24, 2.45) is 16.8 Å². The fraction of sp³-hybridized carbons (Fsp3) is 0.440. The van der Waals surface area contributed by atoms with Crippen LogP contribution in [0.5, 0.6) is 0 Å². The molecule has 3 fully saturated rings. The largest absolute Gasteiger partial charge is 0.397 e. The molecule has 6 rings (SSSR count). The van der Waals surface area contributed by atoms with E-state index in [0.29, 0.717) is 24.1 Å². The lowest BCUT2D eigenvalue weighted by molar-refractivity contribution is -0.131. The summed E-state index contributed by atoms with van der Waals surface area (Å²) in [6.45, 7) is 2.19. The molecule has 2 aliphatic heterocycles. The van der Waals surface area contributed by atoms with E-state index in [1.807, 2.05) is 40.1 Å². The number of rotatable bonds is 5. The van der Waals surface area contributed by atoms with Gasteiger partial charge >= 0.3 is 0 Å². The summed E-state index contributed by atoms with van der Waals surface area (Å²) in [6, 6.07) is 10.0. The van der Waals surface area contributed by atoms with Crippen molar-refractivity contribution in [2.75, 3.05) is 25.4 Å². The van der Waals surface area contributed by atoms with Crippen LogP contribution < -0.4 is 5.73 Å². The number of amides is 2. The monoisotopic (exact) mass is 429 g/mol. The Kier molecular flexibility index (Phi) is 4.35. The minimum absolute atomic E-state index is 0.128. The standard InChI is InChI=1S/C25H27N5O2/c26-21-11-20(12-27-13-21)17-1-3-18(4-2-17)22-28-25(8-9-25)24(32)30(22)15-16-7-10-29(14-16)23(31)19-5-6-19/h1-4,11-13,16,19H,5-10,14-15,26H2. The van der Waals surface area contributed by atoms with Crippen molar-refractivity contribution in [1.29, 1.82) is 0 Å². The van der Waals surface area contributed by atoms with E-state index in [-0.39, 0.29) is 11.8 Å². The second kappa shape index (κ2) is 7.15. The number of pyridine rings is 1. The van der Waals surface area contributed by atoms with Gasteiger partial charge in [-0.05, 0) is 49.7 Å². The van der Waals surface area contributed by atoms with Crippen molar-refractivity contribution in [3.8, 4) is 11.1 Å². The van der Waals surface area contributed by atoms with Crippen LogP contribution in [0.3, 0.4) is 0 Å². The maximum Gasteiger partial charge on any atom is 0.256 e. The van der Waals surface area contributed by atoms with Crippen molar-refractivity contribution < 1.29 is 9.59 Å². The average molecular weight is 430 g/mol. The predicted octanol–water partition coefficient (Wildman–Crippen LogP) is 2.71. The van der Waals surface area contributed by atoms with Crippen molar-refractivity contribution in [3.05, 3.63) is 48.3 Å². The molecule has 164 valence electrons. The molecule has 1 spiro atoms. The molecule has 2 saturated carbocycles. The highest BCUT2D eigenvalue weighted by Gasteiger charge is 2.57. The molecular weight excluding hydrogens is 402 g/mol. The van der Waals surface area contributed by atoms with Gasteiger partial charge in [0.2, 0.25) is 5.91 Å². The first-order chi connectivity index (χ1) is 15.5. The average Bonchev–Trinajstić information content (AvgIpc) is 3.72. The summed E-state index contributed by atoms with van der Waals surface area (Å²) in [5.41, 5.74) is 8.90. The number of nitrogens with two attached hydrogens (primary N) is 1. The number of likely N-dealkylation sites (tertiary alicyclic amines) is 1. The van der Waals surface area contributed by atoms with Gasteiger partial charge in [0.15, 0.2) is 0 Å². The highest BCUT2D eigenvalue weighted by molar-refractivity contribution is 6.16. The van der Waals surface area contributed by atoms with Crippen LogP contribution >= 0.6 is 0 Å². The van der Waals surface area contributed by atoms with Crippen LogP contribution in [-0.2, 0) is 9.59 Å². The molecule has 2 aliphatic carbocycles. The Balaban J connectivity index is 1.21. The molecule has 1 atom stereocenters. The van der Waals surface area contributed by atoms with Gasteiger partial charge in [-0.15, -0.1) is 0 Å². The minimum atomic E-state index is -0.534. The first kappa shape index (κ1) is 19.5. The smallest absolute Gasteiger partial charge is 0.256 e. The van der Waals surface area contributed by atoms with E-state index in [1.165, 1.54) is 0 Å². The number of hydrogen-bond donors (Lipinski definition) is 1. The Morgan fingerprint density at radius 2 is 1.81 bits per heavy atom. The van der Waals surface area contributed by atoms with E-state index in [9.17, 15) is 9.59 Å². The molecule has 1 aromatic carbocycles. The SMILES string of the molecule is Nc1cncc(-c2ccc(C3=NC4(CC4)C(=O)N3CC3CCN(C(=O)C4CC4)C3)cc2)c1. The Morgan fingerprint density at radius 3 is 2.50 bits per heavy atom. The summed E-state index contributed by atoms with van der Waals surface area (Å²) in [5.74, 6) is 1.76. The molecule has 1 aromatic heterocycles. The van der Waals surface area contributed by atoms with E-state index in [4.69, 9.17) is 10.7 Å². The molecule has 1 unspecified atom stereocenters. The second-order valence-electron chi connectivity index (χ2n) is 9.68. The van der Waals surface area contributed by atoms with Crippen LogP contribution in [0.2, 0.25) is 0 Å². The number of nitrogens with zero attached hydrogens (tertiary/aromatic N) is 4. The third kappa shape index (κ3) is 3.36. The van der Waals surface area contributed by atoms with Gasteiger partial charge in [-0.2, -0.15) is 0 Å². The van der Waals surface area contributed by atoms with Crippen molar-refractivity contribution in [1.82, 2.24) is 14.8 Å². The minimum Gasteiger partial charge on any atom is -0.397 e. The maximum absolute atomic E-state index is 13.2. The summed E-state index contributed by atoms with van der Waals surface area (Å²) in [7, 11) is 0. The second-order valence-corrected chi connectivity index (χ2v) is 9.68. The van der Waals surface area contributed by atoms with Crippen molar-refractivity contribution in [3.63, 3.8) is 0 Å². The number of benzene rings is 1. The van der Waals surface area contributed by atoms with E-state index in [0.717, 1.165) is 67.7 Å². The highest BCUT2D eigenvalue weighted by Crippen LogP contribution is 2.46. The third-order valence-corrected chi connectivity index (χ3v) is 7.14. The van der Waals surface area contributed by atoms with Gasteiger partial charge in [0.05, 0.1) is 5.69 Å². The molecule has 2 N–H and O–H groups in total. The number of anilines is 1. The Labute approximate surface area is 187 Å². The molecule has 7 nitrogen and oxygen atoms in total. The zero-order valence-electron chi connectivity index (χ0n) is 18.0. The molecule has 2 amide bonds. The van der Waals surface area contributed by atoms with Crippen molar-refractivity contribution >= 4 is 23.3 Å². The molecular formula is C25H27N5O2. The van der Waals surface area contributed by atoms with Gasteiger partial charge in [-0.1, -0.05) is 24.3 Å². The van der Waals surface area contributed by atoms with Crippen LogP contribution in [0, 0.1) is 11.8 Å². The van der Waals surface area contributed by atoms with Crippen LogP contribution in [0.4, 0.5) is 5.69 Å². The Hall–Kier alpha value is -3.22. The topological polar surface area (TPSA) is 91.9 Å². The van der Waals surface area contributed by atoms with Gasteiger partial charge in [0, 0.05) is 49.1 Å². The number of carbonyl (C=O) groups is 2. The summed E-state index contributed by atoms with van der Waals surface area (Å²) in [6.07, 6.45) is 8.10. The third-order valence-electron chi connectivity index (χ3n) is 7.14. The van der Waals surface area contributed by atoms with E-state index in [2.05, 4.69) is 4.98 Å². The van der Waals surface area contributed by atoms with Crippen LogP contribution in [0.15, 0.2) is 47.7 Å². The molecule has 2 aromatic rings. The number of hydrogen-bond acceptors (Lipinski definition) is 5. The lowest BCUT2D eigenvalue weighted by atomic mass is 10.0. The van der Waals surface area contributed by atoms with Gasteiger partial charge in [0.1, 0.15) is 11.4 Å². The van der Waals surface area contributed by atoms with Gasteiger partial charge < -0.3 is 10.6 Å². The quantitative estimate of drug-likeness (QED) is 0.791. The molecule has 3 heterocycles. The number of aromatic nitrogens is 1. The summed E-state index contributed by atoms with van der Waals surface area (Å²) in [4.78, 5) is 38.6. The van der Waals surface area contributed by atoms with Gasteiger partial charge in [0.25, 0.3) is 5.91 Å². The van der Waals surface area contributed by atoms with Crippen LogP contribution in [0.1, 0.15) is 37.7 Å². The number of amidine groups is 1. The van der Waals surface area contributed by atoms with Crippen LogP contribution in [0.25, 0.3) is 11.1 Å². The zero-order valence-corrected chi connectivity index (χ0v) is 18.0. The predicted molar refractivity (Wildman–Crippen MR) is 122 cm³/mol. The molecule has 1 saturated heterocycles. The Morgan fingerprint density at radius 1 is 1.06 bits per heavy atom. The zero-order chi connectivity index (χ0) is 21.9. The van der Waals surface area contributed by atoms with Crippen LogP contribution in [-0.4, -0.2) is 57.6 Å². The van der Waals surface area contributed by atoms with E-state index >= 15 is 0 Å². The fourth-order valence-corrected chi connectivity index (χ4v) is 4.95. The molecule has 0 bridgehead atoms. The summed E-state index contributed by atoms with van der Waals surface area (Å²) >= 11 is 0. The highest BCUT2D eigenvalue weighted by atomic mass is 16.2. The number of carbonyl (C=O) groups excluding carboxylic acids is 2. The molecule has 0 radical (unpaired) electrons. The molecule has 32 heavy (non-hydrogen) atoms. The first-order valence-corrected chi connectivity index (χ1v) is 11.5. The summed E-state index contributed by atoms with van der Waals surface area (Å²) < 4.78 is 0. The number of nitrogen functional groups attached to an aromatic ring is 1. The summed E-state index contributed by atoms with van der Waals surface area (Å²) in [5, 5.41) is 0. The first-order valence-electron chi connectivity index (χ1n) is 11.5. The Bertz CT molecular complexity index is 1120.